The van der Waals surface area contributed by atoms with Crippen molar-refractivity contribution in [2.75, 3.05) is 56.6 Å². The molecule has 1 saturated heterocycles. The largest absolute Gasteiger partial charge is 0.495 e. The molecule has 38 heavy (non-hydrogen) atoms. The van der Waals surface area contributed by atoms with Crippen LogP contribution in [-0.2, 0) is 20.2 Å². The lowest BCUT2D eigenvalue weighted by atomic mass is 9.86. The molecule has 0 spiro atoms. The molecule has 0 bridgehead atoms. The van der Waals surface area contributed by atoms with E-state index in [1.165, 1.54) is 4.31 Å². The van der Waals surface area contributed by atoms with Crippen LogP contribution < -0.4 is 13.8 Å². The quantitative estimate of drug-likeness (QED) is 0.327. The molecule has 0 aromatic heterocycles. The van der Waals surface area contributed by atoms with E-state index in [1.54, 1.807) is 7.11 Å². The minimum Gasteiger partial charge on any atom is -0.495 e. The van der Waals surface area contributed by atoms with Crippen molar-refractivity contribution in [3.8, 4) is 11.5 Å². The highest BCUT2D eigenvalue weighted by atomic mass is 32.2. The van der Waals surface area contributed by atoms with E-state index in [0.717, 1.165) is 54.9 Å². The molecule has 0 radical (unpaired) electrons. The molecule has 0 aliphatic carbocycles. The summed E-state index contributed by atoms with van der Waals surface area (Å²) in [6.07, 6.45) is 0.501. The molecule has 1 fully saturated rings. The molecule has 0 N–H and O–H groups in total. The van der Waals surface area contributed by atoms with Crippen molar-refractivity contribution >= 4 is 32.2 Å². The smallest absolute Gasteiger partial charge is 0.239 e. The molecule has 1 heterocycles. The van der Waals surface area contributed by atoms with Crippen molar-refractivity contribution < 1.29 is 22.6 Å². The summed E-state index contributed by atoms with van der Waals surface area (Å²) in [5.74, 6) is 1.26. The molecule has 0 unspecified atom stereocenters. The van der Waals surface area contributed by atoms with E-state index in [9.17, 15) is 8.42 Å². The Balaban J connectivity index is 1.80. The molecular weight excluding hydrogens is 500 g/mol. The Hall–Kier alpha value is -2.81. The molecular formula is C30H40N2O5S. The third-order valence-electron chi connectivity index (χ3n) is 6.85. The van der Waals surface area contributed by atoms with E-state index in [0.29, 0.717) is 30.2 Å². The number of fused-ring (bicyclic) bond motifs is 1. The summed E-state index contributed by atoms with van der Waals surface area (Å²) in [6.45, 7) is 12.9. The second kappa shape index (κ2) is 11.9. The molecule has 7 nitrogen and oxygen atoms in total. The Labute approximate surface area is 227 Å². The first kappa shape index (κ1) is 28.2. The number of anilines is 2. The zero-order chi connectivity index (χ0) is 27.3. The number of rotatable bonds is 10. The van der Waals surface area contributed by atoms with Crippen LogP contribution in [0, 0.1) is 0 Å². The van der Waals surface area contributed by atoms with Gasteiger partial charge in [0.1, 0.15) is 18.1 Å². The van der Waals surface area contributed by atoms with Gasteiger partial charge in [0.2, 0.25) is 10.0 Å². The lowest BCUT2D eigenvalue weighted by Gasteiger charge is -2.30. The molecule has 206 valence electrons. The van der Waals surface area contributed by atoms with Crippen LogP contribution in [0.3, 0.4) is 0 Å². The Morgan fingerprint density at radius 3 is 2.29 bits per heavy atom. The van der Waals surface area contributed by atoms with Gasteiger partial charge in [-0.1, -0.05) is 58.0 Å². The van der Waals surface area contributed by atoms with Crippen LogP contribution in [0.1, 0.15) is 39.7 Å². The monoisotopic (exact) mass is 540 g/mol. The van der Waals surface area contributed by atoms with Gasteiger partial charge < -0.3 is 14.2 Å². The lowest BCUT2D eigenvalue weighted by Crippen LogP contribution is -2.38. The third-order valence-corrected chi connectivity index (χ3v) is 8.73. The van der Waals surface area contributed by atoms with Gasteiger partial charge in [-0.15, -0.1) is 0 Å². The van der Waals surface area contributed by atoms with Gasteiger partial charge >= 0.3 is 0 Å². The van der Waals surface area contributed by atoms with Crippen molar-refractivity contribution in [1.29, 1.82) is 0 Å². The Kier molecular flexibility index (Phi) is 8.85. The standard InChI is InChI=1S/C30H40N2O5S/c1-6-21-38(33,34)32(27-22-23(30(2,3)4)11-13-29(27)35-5)26-12-14-28(25-10-8-7-9-24(25)26)37-20-17-31-15-18-36-19-16-31/h7-14,22H,6,15-21H2,1-5H3. The van der Waals surface area contributed by atoms with E-state index < -0.39 is 10.0 Å². The van der Waals surface area contributed by atoms with Crippen molar-refractivity contribution in [2.24, 2.45) is 0 Å². The van der Waals surface area contributed by atoms with Gasteiger partial charge in [-0.2, -0.15) is 0 Å². The highest BCUT2D eigenvalue weighted by Gasteiger charge is 2.30. The first-order valence-electron chi connectivity index (χ1n) is 13.3. The molecule has 8 heteroatoms. The number of morpholine rings is 1. The number of ether oxygens (including phenoxy) is 3. The second-order valence-corrected chi connectivity index (χ2v) is 12.6. The van der Waals surface area contributed by atoms with E-state index in [2.05, 4.69) is 25.7 Å². The summed E-state index contributed by atoms with van der Waals surface area (Å²) >= 11 is 0. The van der Waals surface area contributed by atoms with Gasteiger partial charge in [0, 0.05) is 30.4 Å². The molecule has 3 aromatic rings. The molecule has 0 atom stereocenters. The lowest BCUT2D eigenvalue weighted by molar-refractivity contribution is 0.0323. The highest BCUT2D eigenvalue weighted by Crippen LogP contribution is 2.43. The van der Waals surface area contributed by atoms with Crippen LogP contribution in [0.5, 0.6) is 11.5 Å². The maximum atomic E-state index is 13.9. The Morgan fingerprint density at radius 2 is 1.63 bits per heavy atom. The number of hydrogen-bond donors (Lipinski definition) is 0. The highest BCUT2D eigenvalue weighted by molar-refractivity contribution is 7.93. The molecule has 0 saturated carbocycles. The summed E-state index contributed by atoms with van der Waals surface area (Å²) in [5, 5.41) is 1.67. The minimum atomic E-state index is -3.72. The predicted molar refractivity (Wildman–Crippen MR) is 155 cm³/mol. The van der Waals surface area contributed by atoms with E-state index >= 15 is 0 Å². The van der Waals surface area contributed by atoms with Gasteiger partial charge in [0.15, 0.2) is 0 Å². The summed E-state index contributed by atoms with van der Waals surface area (Å²) in [6, 6.07) is 17.3. The van der Waals surface area contributed by atoms with Crippen molar-refractivity contribution in [1.82, 2.24) is 4.90 Å². The maximum absolute atomic E-state index is 13.9. The van der Waals surface area contributed by atoms with Gasteiger partial charge in [-0.05, 0) is 41.7 Å². The predicted octanol–water partition coefficient (Wildman–Crippen LogP) is 5.73. The number of sulfonamides is 1. The fourth-order valence-electron chi connectivity index (χ4n) is 4.76. The molecule has 1 aliphatic rings. The Bertz CT molecular complexity index is 1340. The van der Waals surface area contributed by atoms with Crippen LogP contribution in [0.25, 0.3) is 10.8 Å². The third kappa shape index (κ3) is 6.25. The van der Waals surface area contributed by atoms with Crippen LogP contribution in [0.4, 0.5) is 11.4 Å². The Morgan fingerprint density at radius 1 is 0.947 bits per heavy atom. The fraction of sp³-hybridized carbons (Fsp3) is 0.467. The van der Waals surface area contributed by atoms with Crippen LogP contribution in [0.2, 0.25) is 0 Å². The van der Waals surface area contributed by atoms with Gasteiger partial charge in [0.25, 0.3) is 0 Å². The van der Waals surface area contributed by atoms with Gasteiger partial charge in [-0.3, -0.25) is 4.90 Å². The van der Waals surface area contributed by atoms with Crippen LogP contribution >= 0.6 is 0 Å². The fourth-order valence-corrected chi connectivity index (χ4v) is 6.36. The molecule has 0 amide bonds. The number of methoxy groups -OCH3 is 1. The minimum absolute atomic E-state index is 0.0159. The van der Waals surface area contributed by atoms with E-state index in [1.807, 2.05) is 61.5 Å². The maximum Gasteiger partial charge on any atom is 0.239 e. The summed E-state index contributed by atoms with van der Waals surface area (Å²) in [5.41, 5.74) is 1.96. The topological polar surface area (TPSA) is 68.3 Å². The summed E-state index contributed by atoms with van der Waals surface area (Å²) in [7, 11) is -2.14. The SMILES string of the molecule is CCCS(=O)(=O)N(c1cc(C(C)(C)C)ccc1OC)c1ccc(OCCN2CCOCC2)c2ccccc12. The van der Waals surface area contributed by atoms with Crippen molar-refractivity contribution in [2.45, 2.75) is 39.5 Å². The summed E-state index contributed by atoms with van der Waals surface area (Å²) < 4.78 is 46.5. The average Bonchev–Trinajstić information content (AvgIpc) is 2.89. The second-order valence-electron chi connectivity index (χ2n) is 10.6. The zero-order valence-electron chi connectivity index (χ0n) is 23.2. The number of benzene rings is 3. The summed E-state index contributed by atoms with van der Waals surface area (Å²) in [4.78, 5) is 2.33. The van der Waals surface area contributed by atoms with Crippen molar-refractivity contribution in [3.63, 3.8) is 0 Å². The molecule has 3 aromatic carbocycles. The number of nitrogens with zero attached hydrogens (tertiary/aromatic N) is 2. The van der Waals surface area contributed by atoms with Gasteiger partial charge in [0.05, 0.1) is 37.5 Å². The van der Waals surface area contributed by atoms with E-state index in [4.69, 9.17) is 14.2 Å². The molecule has 1 aliphatic heterocycles. The average molecular weight is 541 g/mol. The van der Waals surface area contributed by atoms with Crippen molar-refractivity contribution in [3.05, 3.63) is 60.2 Å². The normalized spacial score (nSPS) is 15.0. The molecule has 4 rings (SSSR count). The van der Waals surface area contributed by atoms with E-state index in [-0.39, 0.29) is 11.2 Å². The van der Waals surface area contributed by atoms with Gasteiger partial charge in [-0.25, -0.2) is 12.7 Å². The van der Waals surface area contributed by atoms with Crippen LogP contribution in [0.15, 0.2) is 54.6 Å². The first-order chi connectivity index (χ1) is 18.2. The van der Waals surface area contributed by atoms with Crippen LogP contribution in [-0.4, -0.2) is 65.6 Å². The zero-order valence-corrected chi connectivity index (χ0v) is 24.0. The number of hydrogen-bond acceptors (Lipinski definition) is 6. The first-order valence-corrected chi connectivity index (χ1v) is 14.9.